The standard InChI is InChI=1S/C17H20O4/c1-11(2)5-4-6-17(3,20)16-9-14-12(10-18)7-13(19)8-15(14)21-16/h5,7-10,19-20H,4,6H2,1-3H3. The van der Waals surface area contributed by atoms with Gasteiger partial charge in [0.05, 0.1) is 0 Å². The number of aldehydes is 1. The van der Waals surface area contributed by atoms with Crippen molar-refractivity contribution in [2.45, 2.75) is 39.2 Å². The molecular weight excluding hydrogens is 268 g/mol. The van der Waals surface area contributed by atoms with E-state index in [2.05, 4.69) is 6.08 Å². The predicted octanol–water partition coefficient (Wildman–Crippen LogP) is 3.90. The number of aliphatic hydroxyl groups is 1. The fraction of sp³-hybridized carbons (Fsp3) is 0.353. The summed E-state index contributed by atoms with van der Waals surface area (Å²) in [5.41, 5.74) is 0.819. The minimum atomic E-state index is -1.12. The van der Waals surface area contributed by atoms with Gasteiger partial charge in [-0.05, 0) is 45.7 Å². The van der Waals surface area contributed by atoms with Gasteiger partial charge in [-0.1, -0.05) is 11.6 Å². The van der Waals surface area contributed by atoms with E-state index in [0.717, 1.165) is 6.42 Å². The second-order valence-corrected chi connectivity index (χ2v) is 5.77. The number of benzene rings is 1. The van der Waals surface area contributed by atoms with Crippen LogP contribution in [0.5, 0.6) is 5.75 Å². The summed E-state index contributed by atoms with van der Waals surface area (Å²) in [5, 5.41) is 20.7. The van der Waals surface area contributed by atoms with E-state index < -0.39 is 5.60 Å². The van der Waals surface area contributed by atoms with Gasteiger partial charge in [0.1, 0.15) is 22.7 Å². The molecule has 1 aromatic heterocycles. The van der Waals surface area contributed by atoms with E-state index in [9.17, 15) is 15.0 Å². The molecule has 0 aliphatic heterocycles. The number of furan rings is 1. The minimum Gasteiger partial charge on any atom is -0.508 e. The van der Waals surface area contributed by atoms with Crippen LogP contribution in [0.4, 0.5) is 0 Å². The molecule has 0 spiro atoms. The van der Waals surface area contributed by atoms with Gasteiger partial charge in [0.25, 0.3) is 0 Å². The summed E-state index contributed by atoms with van der Waals surface area (Å²) < 4.78 is 5.62. The van der Waals surface area contributed by atoms with E-state index in [1.54, 1.807) is 13.0 Å². The van der Waals surface area contributed by atoms with Crippen molar-refractivity contribution in [1.29, 1.82) is 0 Å². The zero-order valence-electron chi connectivity index (χ0n) is 12.5. The first kappa shape index (κ1) is 15.3. The van der Waals surface area contributed by atoms with E-state index in [1.165, 1.54) is 17.7 Å². The van der Waals surface area contributed by atoms with Crippen LogP contribution in [0.15, 0.2) is 34.3 Å². The molecule has 112 valence electrons. The Morgan fingerprint density at radius 1 is 1.33 bits per heavy atom. The van der Waals surface area contributed by atoms with Crippen molar-refractivity contribution >= 4 is 17.3 Å². The lowest BCUT2D eigenvalue weighted by molar-refractivity contribution is 0.0277. The maximum atomic E-state index is 11.1. The van der Waals surface area contributed by atoms with Crippen molar-refractivity contribution in [3.63, 3.8) is 0 Å². The smallest absolute Gasteiger partial charge is 0.150 e. The van der Waals surface area contributed by atoms with Crippen molar-refractivity contribution in [2.75, 3.05) is 0 Å². The monoisotopic (exact) mass is 288 g/mol. The molecular formula is C17H20O4. The number of allylic oxidation sites excluding steroid dienone is 2. The van der Waals surface area contributed by atoms with Crippen LogP contribution < -0.4 is 0 Å². The second kappa shape index (κ2) is 5.74. The average molecular weight is 288 g/mol. The number of rotatable bonds is 5. The Morgan fingerprint density at radius 2 is 2.05 bits per heavy atom. The van der Waals surface area contributed by atoms with Crippen LogP contribution in [-0.4, -0.2) is 16.5 Å². The highest BCUT2D eigenvalue weighted by molar-refractivity contribution is 5.97. The Morgan fingerprint density at radius 3 is 2.67 bits per heavy atom. The number of carbonyl (C=O) groups is 1. The largest absolute Gasteiger partial charge is 0.508 e. The lowest BCUT2D eigenvalue weighted by Crippen LogP contribution is -2.19. The van der Waals surface area contributed by atoms with Gasteiger partial charge in [-0.25, -0.2) is 0 Å². The summed E-state index contributed by atoms with van der Waals surface area (Å²) in [6.45, 7) is 5.70. The van der Waals surface area contributed by atoms with Crippen molar-refractivity contribution in [3.05, 3.63) is 41.2 Å². The minimum absolute atomic E-state index is 0.0327. The molecule has 0 amide bonds. The molecule has 2 N–H and O–H groups in total. The Labute approximate surface area is 123 Å². The summed E-state index contributed by atoms with van der Waals surface area (Å²) in [6.07, 6.45) is 3.97. The Kier molecular flexibility index (Phi) is 4.19. The normalized spacial score (nSPS) is 13.9. The number of phenols is 1. The summed E-state index contributed by atoms with van der Waals surface area (Å²) in [7, 11) is 0. The summed E-state index contributed by atoms with van der Waals surface area (Å²) >= 11 is 0. The molecule has 21 heavy (non-hydrogen) atoms. The number of aromatic hydroxyl groups is 1. The maximum absolute atomic E-state index is 11.1. The van der Waals surface area contributed by atoms with E-state index in [-0.39, 0.29) is 5.75 Å². The van der Waals surface area contributed by atoms with Crippen molar-refractivity contribution in [1.82, 2.24) is 0 Å². The van der Waals surface area contributed by atoms with Gasteiger partial charge in [-0.15, -0.1) is 0 Å². The molecule has 0 aliphatic rings. The summed E-state index contributed by atoms with van der Waals surface area (Å²) in [4.78, 5) is 11.1. The molecule has 1 atom stereocenters. The third kappa shape index (κ3) is 3.34. The molecule has 4 heteroatoms. The van der Waals surface area contributed by atoms with Crippen LogP contribution >= 0.6 is 0 Å². The van der Waals surface area contributed by atoms with Gasteiger partial charge in [0, 0.05) is 17.0 Å². The summed E-state index contributed by atoms with van der Waals surface area (Å²) in [6, 6.07) is 4.49. The Balaban J connectivity index is 2.37. The van der Waals surface area contributed by atoms with Gasteiger partial charge < -0.3 is 14.6 Å². The first-order valence-corrected chi connectivity index (χ1v) is 6.91. The SMILES string of the molecule is CC(C)=CCCC(C)(O)c1cc2c(C=O)cc(O)cc2o1. The van der Waals surface area contributed by atoms with E-state index in [1.807, 2.05) is 13.8 Å². The fourth-order valence-corrected chi connectivity index (χ4v) is 2.28. The summed E-state index contributed by atoms with van der Waals surface area (Å²) in [5.74, 6) is 0.364. The van der Waals surface area contributed by atoms with Crippen LogP contribution in [0.25, 0.3) is 11.0 Å². The lowest BCUT2D eigenvalue weighted by Gasteiger charge is -2.19. The Bertz CT molecular complexity index is 688. The number of hydrogen-bond donors (Lipinski definition) is 2. The molecule has 0 saturated carbocycles. The second-order valence-electron chi connectivity index (χ2n) is 5.77. The van der Waals surface area contributed by atoms with Crippen LogP contribution in [0.2, 0.25) is 0 Å². The van der Waals surface area contributed by atoms with Crippen LogP contribution in [0.3, 0.4) is 0 Å². The van der Waals surface area contributed by atoms with Gasteiger partial charge in [-0.2, -0.15) is 0 Å². The van der Waals surface area contributed by atoms with Gasteiger partial charge >= 0.3 is 0 Å². The van der Waals surface area contributed by atoms with Crippen molar-refractivity contribution < 1.29 is 19.4 Å². The van der Waals surface area contributed by atoms with Crippen molar-refractivity contribution in [2.24, 2.45) is 0 Å². The Hall–Kier alpha value is -2.07. The molecule has 2 aromatic rings. The highest BCUT2D eigenvalue weighted by Crippen LogP contribution is 2.34. The van der Waals surface area contributed by atoms with Gasteiger partial charge in [-0.3, -0.25) is 4.79 Å². The molecule has 0 saturated heterocycles. The van der Waals surface area contributed by atoms with E-state index in [4.69, 9.17) is 4.42 Å². The molecule has 1 aromatic carbocycles. The van der Waals surface area contributed by atoms with Gasteiger partial charge in [0.2, 0.25) is 0 Å². The van der Waals surface area contributed by atoms with Crippen molar-refractivity contribution in [3.8, 4) is 5.75 Å². The zero-order chi connectivity index (χ0) is 15.6. The number of hydrogen-bond acceptors (Lipinski definition) is 4. The molecule has 0 radical (unpaired) electrons. The third-order valence-electron chi connectivity index (χ3n) is 3.50. The highest BCUT2D eigenvalue weighted by atomic mass is 16.4. The number of fused-ring (bicyclic) bond motifs is 1. The molecule has 4 nitrogen and oxygen atoms in total. The van der Waals surface area contributed by atoms with E-state index in [0.29, 0.717) is 35.0 Å². The molecule has 0 fully saturated rings. The van der Waals surface area contributed by atoms with Gasteiger partial charge in [0.15, 0.2) is 6.29 Å². The quantitative estimate of drug-likeness (QED) is 0.646. The number of carbonyl (C=O) groups excluding carboxylic acids is 1. The van der Waals surface area contributed by atoms with Crippen LogP contribution in [0.1, 0.15) is 49.7 Å². The first-order valence-electron chi connectivity index (χ1n) is 6.91. The maximum Gasteiger partial charge on any atom is 0.150 e. The average Bonchev–Trinajstić information content (AvgIpc) is 2.81. The molecule has 1 heterocycles. The zero-order valence-corrected chi connectivity index (χ0v) is 12.5. The fourth-order valence-electron chi connectivity index (χ4n) is 2.28. The van der Waals surface area contributed by atoms with Crippen LogP contribution in [-0.2, 0) is 5.60 Å². The third-order valence-corrected chi connectivity index (χ3v) is 3.50. The lowest BCUT2D eigenvalue weighted by atomic mass is 9.96. The predicted molar refractivity (Wildman–Crippen MR) is 81.5 cm³/mol. The molecule has 1 unspecified atom stereocenters. The van der Waals surface area contributed by atoms with Crippen LogP contribution in [0, 0.1) is 0 Å². The molecule has 0 aliphatic carbocycles. The molecule has 2 rings (SSSR count). The highest BCUT2D eigenvalue weighted by Gasteiger charge is 2.27. The van der Waals surface area contributed by atoms with E-state index >= 15 is 0 Å². The molecule has 0 bridgehead atoms. The first-order chi connectivity index (χ1) is 9.83. The topological polar surface area (TPSA) is 70.7 Å². The number of phenolic OH excluding ortho intramolecular Hbond substituents is 1.